The van der Waals surface area contributed by atoms with Gasteiger partial charge in [0, 0.05) is 11.5 Å². The van der Waals surface area contributed by atoms with E-state index in [0.717, 1.165) is 0 Å². The Kier molecular flexibility index (Phi) is 3.97. The molecule has 1 aliphatic rings. The number of nitrogens with two attached hydrogens (primary N) is 1. The van der Waals surface area contributed by atoms with E-state index in [2.05, 4.69) is 0 Å². The fourth-order valence-electron chi connectivity index (χ4n) is 2.26. The molecule has 1 fully saturated rings. The van der Waals surface area contributed by atoms with Crippen LogP contribution in [0.25, 0.3) is 0 Å². The topological polar surface area (TPSA) is 44.5 Å². The van der Waals surface area contributed by atoms with Gasteiger partial charge >= 0.3 is 7.12 Å². The molecule has 1 aliphatic heterocycles. The van der Waals surface area contributed by atoms with Gasteiger partial charge in [0.25, 0.3) is 0 Å². The lowest BCUT2D eigenvalue weighted by Gasteiger charge is -2.32. The zero-order valence-corrected chi connectivity index (χ0v) is 12.9. The van der Waals surface area contributed by atoms with Crippen molar-refractivity contribution in [3.05, 3.63) is 29.6 Å². The largest absolute Gasteiger partial charge is 0.497 e. The number of halogens is 1. The van der Waals surface area contributed by atoms with Gasteiger partial charge in [-0.2, -0.15) is 0 Å². The summed E-state index contributed by atoms with van der Waals surface area (Å²) in [4.78, 5) is 0. The molecule has 1 saturated heterocycles. The molecule has 0 aromatic heterocycles. The Balaban J connectivity index is 2.31. The van der Waals surface area contributed by atoms with Crippen LogP contribution in [0, 0.1) is 5.82 Å². The second kappa shape index (κ2) is 5.13. The van der Waals surface area contributed by atoms with Crippen LogP contribution in [0.5, 0.6) is 0 Å². The molecule has 0 spiro atoms. The summed E-state index contributed by atoms with van der Waals surface area (Å²) in [7, 11) is -0.673. The molecule has 2 N–H and O–H groups in total. The standard InChI is InChI=1S/C15H23BFNO2/c1-10(18)9-11-7-6-8-12(13(11)17)16-19-14(2,3)15(4,5)20-16/h6-8,10H,9,18H2,1-5H3. The first-order valence-corrected chi connectivity index (χ1v) is 7.02. The van der Waals surface area contributed by atoms with Crippen molar-refractivity contribution in [1.29, 1.82) is 0 Å². The van der Waals surface area contributed by atoms with Crippen LogP contribution in [0.3, 0.4) is 0 Å². The van der Waals surface area contributed by atoms with E-state index in [-0.39, 0.29) is 11.9 Å². The number of benzene rings is 1. The van der Waals surface area contributed by atoms with Crippen LogP contribution in [0.2, 0.25) is 0 Å². The zero-order valence-electron chi connectivity index (χ0n) is 12.9. The van der Waals surface area contributed by atoms with Crippen LogP contribution in [-0.4, -0.2) is 24.4 Å². The fourth-order valence-corrected chi connectivity index (χ4v) is 2.26. The highest BCUT2D eigenvalue weighted by atomic mass is 19.1. The van der Waals surface area contributed by atoms with E-state index in [9.17, 15) is 4.39 Å². The van der Waals surface area contributed by atoms with Crippen molar-refractivity contribution in [3.8, 4) is 0 Å². The highest BCUT2D eigenvalue weighted by Gasteiger charge is 2.52. The summed E-state index contributed by atoms with van der Waals surface area (Å²) in [5.41, 5.74) is 5.86. The SMILES string of the molecule is CC(N)Cc1cccc(B2OC(C)(C)C(C)(C)O2)c1F. The number of hydrogen-bond donors (Lipinski definition) is 1. The molecule has 1 atom stereocenters. The van der Waals surface area contributed by atoms with Crippen molar-refractivity contribution >= 4 is 12.6 Å². The average Bonchev–Trinajstić information content (AvgIpc) is 2.50. The third kappa shape index (κ3) is 2.75. The van der Waals surface area contributed by atoms with E-state index in [1.54, 1.807) is 12.1 Å². The third-order valence-corrected chi connectivity index (χ3v) is 4.16. The van der Waals surface area contributed by atoms with Crippen molar-refractivity contribution in [2.45, 2.75) is 58.3 Å². The van der Waals surface area contributed by atoms with Crippen molar-refractivity contribution in [2.24, 2.45) is 5.73 Å². The van der Waals surface area contributed by atoms with Gasteiger partial charge in [-0.25, -0.2) is 4.39 Å². The molecule has 1 aromatic rings. The Labute approximate surface area is 120 Å². The summed E-state index contributed by atoms with van der Waals surface area (Å²) in [5, 5.41) is 0. The van der Waals surface area contributed by atoms with E-state index >= 15 is 0 Å². The van der Waals surface area contributed by atoms with Gasteiger partial charge in [0.15, 0.2) is 0 Å². The van der Waals surface area contributed by atoms with Gasteiger partial charge in [0.05, 0.1) is 11.2 Å². The molecule has 3 nitrogen and oxygen atoms in total. The lowest BCUT2D eigenvalue weighted by molar-refractivity contribution is 0.00578. The lowest BCUT2D eigenvalue weighted by atomic mass is 9.77. The predicted octanol–water partition coefficient (Wildman–Crippen LogP) is 2.01. The van der Waals surface area contributed by atoms with E-state index in [1.165, 1.54) is 0 Å². The molecule has 0 bridgehead atoms. The van der Waals surface area contributed by atoms with Crippen LogP contribution >= 0.6 is 0 Å². The Morgan fingerprint density at radius 1 is 1.20 bits per heavy atom. The van der Waals surface area contributed by atoms with Crippen LogP contribution in [-0.2, 0) is 15.7 Å². The first-order valence-electron chi connectivity index (χ1n) is 7.02. The van der Waals surface area contributed by atoms with Crippen molar-refractivity contribution in [1.82, 2.24) is 0 Å². The van der Waals surface area contributed by atoms with E-state index in [0.29, 0.717) is 17.4 Å². The molecule has 20 heavy (non-hydrogen) atoms. The molecule has 1 unspecified atom stereocenters. The second-order valence-corrected chi connectivity index (χ2v) is 6.59. The summed E-state index contributed by atoms with van der Waals surface area (Å²) >= 11 is 0. The van der Waals surface area contributed by atoms with Gasteiger partial charge in [0.2, 0.25) is 0 Å². The Morgan fingerprint density at radius 2 is 1.75 bits per heavy atom. The fraction of sp³-hybridized carbons (Fsp3) is 0.600. The van der Waals surface area contributed by atoms with Crippen LogP contribution in [0.15, 0.2) is 18.2 Å². The van der Waals surface area contributed by atoms with E-state index < -0.39 is 18.3 Å². The monoisotopic (exact) mass is 279 g/mol. The maximum Gasteiger partial charge on any atom is 0.497 e. The highest BCUT2D eigenvalue weighted by molar-refractivity contribution is 6.62. The predicted molar refractivity (Wildman–Crippen MR) is 79.5 cm³/mol. The first-order chi connectivity index (χ1) is 9.14. The van der Waals surface area contributed by atoms with Crippen molar-refractivity contribution in [3.63, 3.8) is 0 Å². The molecular formula is C15H23BFNO2. The molecule has 110 valence electrons. The summed E-state index contributed by atoms with van der Waals surface area (Å²) in [5.74, 6) is -0.275. The van der Waals surface area contributed by atoms with Gasteiger partial charge < -0.3 is 15.0 Å². The lowest BCUT2D eigenvalue weighted by Crippen LogP contribution is -2.41. The minimum absolute atomic E-state index is 0.0851. The molecule has 0 saturated carbocycles. The summed E-state index contributed by atoms with van der Waals surface area (Å²) in [6.07, 6.45) is 0.499. The highest BCUT2D eigenvalue weighted by Crippen LogP contribution is 2.36. The maximum atomic E-state index is 14.6. The zero-order chi connectivity index (χ0) is 15.1. The molecule has 1 aromatic carbocycles. The normalized spacial score (nSPS) is 22.1. The van der Waals surface area contributed by atoms with Crippen LogP contribution in [0.1, 0.15) is 40.2 Å². The van der Waals surface area contributed by atoms with Crippen molar-refractivity contribution < 1.29 is 13.7 Å². The Hall–Kier alpha value is -0.905. The smallest absolute Gasteiger partial charge is 0.399 e. The Bertz CT molecular complexity index is 487. The molecular weight excluding hydrogens is 256 g/mol. The number of hydrogen-bond acceptors (Lipinski definition) is 3. The summed E-state index contributed by atoms with van der Waals surface area (Å²) < 4.78 is 26.4. The molecule has 2 rings (SSSR count). The average molecular weight is 279 g/mol. The van der Waals surface area contributed by atoms with Gasteiger partial charge in [-0.3, -0.25) is 0 Å². The van der Waals surface area contributed by atoms with Gasteiger partial charge in [-0.05, 0) is 46.6 Å². The van der Waals surface area contributed by atoms with Gasteiger partial charge in [-0.1, -0.05) is 18.2 Å². The second-order valence-electron chi connectivity index (χ2n) is 6.59. The number of rotatable bonds is 3. The van der Waals surface area contributed by atoms with E-state index in [4.69, 9.17) is 15.0 Å². The van der Waals surface area contributed by atoms with Crippen LogP contribution in [0.4, 0.5) is 4.39 Å². The molecule has 5 heteroatoms. The van der Waals surface area contributed by atoms with Crippen molar-refractivity contribution in [2.75, 3.05) is 0 Å². The molecule has 0 amide bonds. The van der Waals surface area contributed by atoms with Gasteiger partial charge in [0.1, 0.15) is 5.82 Å². The maximum absolute atomic E-state index is 14.6. The summed E-state index contributed by atoms with van der Waals surface area (Å²) in [6.45, 7) is 9.68. The Morgan fingerprint density at radius 3 is 2.25 bits per heavy atom. The summed E-state index contributed by atoms with van der Waals surface area (Å²) in [6, 6.07) is 5.20. The quantitative estimate of drug-likeness (QED) is 0.861. The minimum Gasteiger partial charge on any atom is -0.399 e. The molecule has 0 aliphatic carbocycles. The third-order valence-electron chi connectivity index (χ3n) is 4.16. The van der Waals surface area contributed by atoms with Crippen LogP contribution < -0.4 is 11.2 Å². The van der Waals surface area contributed by atoms with Gasteiger partial charge in [-0.15, -0.1) is 0 Å². The first kappa shape index (κ1) is 15.5. The molecule has 1 heterocycles. The molecule has 0 radical (unpaired) electrons. The minimum atomic E-state index is -0.673. The van der Waals surface area contributed by atoms with E-state index in [1.807, 2.05) is 40.7 Å².